The van der Waals surface area contributed by atoms with Crippen molar-refractivity contribution in [3.05, 3.63) is 70.3 Å². The highest BCUT2D eigenvalue weighted by molar-refractivity contribution is 5.79. The lowest BCUT2D eigenvalue weighted by molar-refractivity contribution is 0.0719. The van der Waals surface area contributed by atoms with Crippen molar-refractivity contribution < 1.29 is 18.7 Å². The summed E-state index contributed by atoms with van der Waals surface area (Å²) in [5.41, 5.74) is -1.70. The number of hydrogen-bond donors (Lipinski definition) is 1. The molecule has 152 valence electrons. The van der Waals surface area contributed by atoms with E-state index in [9.17, 15) is 23.5 Å². The molecule has 0 saturated carbocycles. The number of nitrogens with zero attached hydrogens (tertiary/aromatic N) is 3. The second-order valence-electron chi connectivity index (χ2n) is 7.70. The van der Waals surface area contributed by atoms with Gasteiger partial charge in [0.1, 0.15) is 28.4 Å². The number of para-hydroxylation sites is 1. The first-order valence-electron chi connectivity index (χ1n) is 9.02. The van der Waals surface area contributed by atoms with Crippen molar-refractivity contribution in [1.29, 1.82) is 0 Å². The second-order valence-corrected chi connectivity index (χ2v) is 7.70. The van der Waals surface area contributed by atoms with Crippen LogP contribution in [0, 0.1) is 11.6 Å². The molecule has 1 unspecified atom stereocenters. The Labute approximate surface area is 166 Å². The largest absolute Gasteiger partial charge is 0.465 e. The zero-order valence-electron chi connectivity index (χ0n) is 16.5. The highest BCUT2D eigenvalue weighted by atomic mass is 19.1. The summed E-state index contributed by atoms with van der Waals surface area (Å²) >= 11 is 0. The molecular weight excluding hydrogens is 380 g/mol. The minimum atomic E-state index is -1.22. The number of carboxylic acid groups (broad SMARTS) is 1. The molecule has 6 nitrogen and oxygen atoms in total. The van der Waals surface area contributed by atoms with E-state index in [4.69, 9.17) is 0 Å². The van der Waals surface area contributed by atoms with Crippen molar-refractivity contribution in [2.75, 3.05) is 0 Å². The van der Waals surface area contributed by atoms with Gasteiger partial charge in [-0.05, 0) is 52.0 Å². The van der Waals surface area contributed by atoms with E-state index >= 15 is 0 Å². The molecule has 1 N–H and O–H groups in total. The molecule has 1 heterocycles. The number of fused-ring (bicyclic) bond motifs is 1. The lowest BCUT2D eigenvalue weighted by atomic mass is 10.0. The minimum absolute atomic E-state index is 0.00414. The Hall–Kier alpha value is -3.29. The van der Waals surface area contributed by atoms with Gasteiger partial charge in [-0.3, -0.25) is 14.3 Å². The van der Waals surface area contributed by atoms with Crippen molar-refractivity contribution in [3.8, 4) is 5.69 Å². The van der Waals surface area contributed by atoms with E-state index in [2.05, 4.69) is 4.98 Å². The van der Waals surface area contributed by atoms with E-state index in [1.165, 1.54) is 0 Å². The van der Waals surface area contributed by atoms with E-state index in [1.807, 2.05) is 0 Å². The summed E-state index contributed by atoms with van der Waals surface area (Å²) in [4.78, 5) is 30.5. The molecule has 0 spiro atoms. The van der Waals surface area contributed by atoms with E-state index in [0.717, 1.165) is 21.6 Å². The van der Waals surface area contributed by atoms with Gasteiger partial charge in [-0.25, -0.2) is 18.6 Å². The predicted molar refractivity (Wildman–Crippen MR) is 105 cm³/mol. The van der Waals surface area contributed by atoms with Crippen LogP contribution in [0.2, 0.25) is 0 Å². The van der Waals surface area contributed by atoms with Gasteiger partial charge >= 0.3 is 6.09 Å². The first-order chi connectivity index (χ1) is 13.5. The molecule has 29 heavy (non-hydrogen) atoms. The first-order valence-corrected chi connectivity index (χ1v) is 9.02. The number of amides is 1. The standard InChI is InChI=1S/C21H21F2N3O3/c1-12(26(20(28)29)21(2,3)4)18-24-17-15(23)11-10-14(22)16(17)19(27)25(18)13-8-6-5-7-9-13/h5-12H,1-4H3,(H,28,29). The molecule has 2 aromatic carbocycles. The van der Waals surface area contributed by atoms with Gasteiger partial charge in [0.2, 0.25) is 0 Å². The summed E-state index contributed by atoms with van der Waals surface area (Å²) in [7, 11) is 0. The average molecular weight is 401 g/mol. The van der Waals surface area contributed by atoms with E-state index in [-0.39, 0.29) is 5.82 Å². The highest BCUT2D eigenvalue weighted by Gasteiger charge is 2.35. The predicted octanol–water partition coefficient (Wildman–Crippen LogP) is 4.50. The molecule has 8 heteroatoms. The van der Waals surface area contributed by atoms with E-state index in [0.29, 0.717) is 5.69 Å². The van der Waals surface area contributed by atoms with E-state index in [1.54, 1.807) is 58.0 Å². The molecule has 0 aliphatic heterocycles. The summed E-state index contributed by atoms with van der Waals surface area (Å²) in [6.45, 7) is 6.65. The third-order valence-corrected chi connectivity index (χ3v) is 4.65. The zero-order valence-corrected chi connectivity index (χ0v) is 16.5. The van der Waals surface area contributed by atoms with Crippen molar-refractivity contribution in [2.45, 2.75) is 39.3 Å². The molecule has 1 atom stereocenters. The molecule has 0 bridgehead atoms. The van der Waals surface area contributed by atoms with Crippen LogP contribution in [0.15, 0.2) is 47.3 Å². The van der Waals surface area contributed by atoms with Crippen molar-refractivity contribution in [3.63, 3.8) is 0 Å². The molecule has 0 saturated heterocycles. The van der Waals surface area contributed by atoms with Crippen LogP contribution in [-0.4, -0.2) is 31.2 Å². The van der Waals surface area contributed by atoms with Crippen LogP contribution in [0.5, 0.6) is 0 Å². The maximum absolute atomic E-state index is 14.4. The summed E-state index contributed by atoms with van der Waals surface area (Å²) in [5, 5.41) is 9.28. The van der Waals surface area contributed by atoms with Gasteiger partial charge in [0, 0.05) is 5.54 Å². The Kier molecular flexibility index (Phi) is 5.13. The second kappa shape index (κ2) is 7.27. The fourth-order valence-electron chi connectivity index (χ4n) is 3.49. The Morgan fingerprint density at radius 2 is 1.69 bits per heavy atom. The monoisotopic (exact) mass is 401 g/mol. The van der Waals surface area contributed by atoms with E-state index < -0.39 is 45.8 Å². The third-order valence-electron chi connectivity index (χ3n) is 4.65. The van der Waals surface area contributed by atoms with Crippen LogP contribution in [0.1, 0.15) is 39.6 Å². The zero-order chi connectivity index (χ0) is 21.5. The number of halogens is 2. The van der Waals surface area contributed by atoms with Gasteiger partial charge in [-0.15, -0.1) is 0 Å². The summed E-state index contributed by atoms with van der Waals surface area (Å²) in [5.74, 6) is -1.76. The number of benzene rings is 2. The van der Waals surface area contributed by atoms with Gasteiger partial charge < -0.3 is 5.11 Å². The maximum Gasteiger partial charge on any atom is 0.408 e. The number of hydrogen-bond acceptors (Lipinski definition) is 3. The average Bonchev–Trinajstić information content (AvgIpc) is 2.63. The highest BCUT2D eigenvalue weighted by Crippen LogP contribution is 2.29. The number of rotatable bonds is 3. The lowest BCUT2D eigenvalue weighted by Crippen LogP contribution is -2.47. The molecule has 0 radical (unpaired) electrons. The Bertz CT molecular complexity index is 1140. The van der Waals surface area contributed by atoms with Crippen LogP contribution < -0.4 is 5.56 Å². The van der Waals surface area contributed by atoms with Gasteiger partial charge in [0.15, 0.2) is 0 Å². The third kappa shape index (κ3) is 3.57. The molecule has 3 rings (SSSR count). The topological polar surface area (TPSA) is 75.4 Å². The van der Waals surface area contributed by atoms with Crippen LogP contribution in [0.4, 0.5) is 13.6 Å². The smallest absolute Gasteiger partial charge is 0.408 e. The number of carbonyl (C=O) groups is 1. The first kappa shape index (κ1) is 20.4. The van der Waals surface area contributed by atoms with Crippen molar-refractivity contribution in [2.24, 2.45) is 0 Å². The number of aromatic nitrogens is 2. The fraction of sp³-hybridized carbons (Fsp3) is 0.286. The minimum Gasteiger partial charge on any atom is -0.465 e. The van der Waals surface area contributed by atoms with Crippen LogP contribution >= 0.6 is 0 Å². The van der Waals surface area contributed by atoms with Crippen molar-refractivity contribution in [1.82, 2.24) is 14.5 Å². The molecule has 0 fully saturated rings. The summed E-state index contributed by atoms with van der Waals surface area (Å²) in [6, 6.07) is 9.18. The van der Waals surface area contributed by atoms with Crippen LogP contribution in [0.25, 0.3) is 16.6 Å². The molecule has 1 amide bonds. The fourth-order valence-corrected chi connectivity index (χ4v) is 3.49. The summed E-state index contributed by atoms with van der Waals surface area (Å²) < 4.78 is 30.0. The Balaban J connectivity index is 2.43. The van der Waals surface area contributed by atoms with Crippen molar-refractivity contribution >= 4 is 17.0 Å². The van der Waals surface area contributed by atoms with Gasteiger partial charge in [0.25, 0.3) is 5.56 Å². The lowest BCUT2D eigenvalue weighted by Gasteiger charge is -2.38. The maximum atomic E-state index is 14.4. The van der Waals surface area contributed by atoms with Gasteiger partial charge in [-0.2, -0.15) is 0 Å². The molecule has 0 aliphatic carbocycles. The van der Waals surface area contributed by atoms with Gasteiger partial charge in [-0.1, -0.05) is 18.2 Å². The molecule has 3 aromatic rings. The molecule has 0 aliphatic rings. The molecular formula is C21H21F2N3O3. The SMILES string of the molecule is CC(c1nc2c(F)ccc(F)c2c(=O)n1-c1ccccc1)N(C(=O)O)C(C)(C)C. The van der Waals surface area contributed by atoms with Gasteiger partial charge in [0.05, 0.1) is 11.7 Å². The van der Waals surface area contributed by atoms with Crippen LogP contribution in [-0.2, 0) is 0 Å². The Morgan fingerprint density at radius 3 is 2.24 bits per heavy atom. The quantitative estimate of drug-likeness (QED) is 0.701. The molecule has 1 aromatic heterocycles. The summed E-state index contributed by atoms with van der Waals surface area (Å²) in [6.07, 6.45) is -1.22. The Morgan fingerprint density at radius 1 is 1.10 bits per heavy atom. The van der Waals surface area contributed by atoms with Crippen LogP contribution in [0.3, 0.4) is 0 Å². The normalized spacial score (nSPS) is 12.8.